The molecule has 3 aliphatic rings. The van der Waals surface area contributed by atoms with Gasteiger partial charge in [-0.2, -0.15) is 0 Å². The number of oxime groups is 1. The average molecular weight is 789 g/mol. The summed E-state index contributed by atoms with van der Waals surface area (Å²) in [6.07, 6.45) is 8.56. The number of carbonyl (C=O) groups is 1. The van der Waals surface area contributed by atoms with Crippen molar-refractivity contribution in [3.8, 4) is 17.2 Å². The lowest BCUT2D eigenvalue weighted by Gasteiger charge is -2.59. The third kappa shape index (κ3) is 8.65. The third-order valence-corrected chi connectivity index (χ3v) is 11.9. The molecular weight excluding hydrogens is 733 g/mol. The molecule has 58 heavy (non-hydrogen) atoms. The second-order valence-corrected chi connectivity index (χ2v) is 15.5. The molecule has 6 atom stereocenters. The first-order valence-electron chi connectivity index (χ1n) is 20.7. The van der Waals surface area contributed by atoms with E-state index < -0.39 is 23.8 Å². The molecule has 0 radical (unpaired) electrons. The van der Waals surface area contributed by atoms with Gasteiger partial charge in [0.25, 0.3) is 0 Å². The molecule has 0 saturated heterocycles. The summed E-state index contributed by atoms with van der Waals surface area (Å²) in [6, 6.07) is 29.2. The standard InChI is InChI=1S/C48H56N2O8/c1-4-27-55-48-44(50(3)47(53)54-32-33-15-7-6-8-16-33)31-42(49-56-5-2)40-29-36(19-11-13-25-51)39(20-12-14-26-52)45(46(40)48)41-30-38(23-24-43(41)58-48)57-37-22-21-34-17-9-10-18-35(34)28-37/h4,6-10,15-18,21-24,28-30,36,39,44-46,51-52H,1,5,11-14,19-20,25-27,31-32H2,2-3H3/t36-,39+,44-,45+,46+,48+/m0/s1. The number of hydrogen-bond acceptors (Lipinski definition) is 9. The minimum Gasteiger partial charge on any atom is -0.459 e. The van der Waals surface area contributed by atoms with Crippen LogP contribution >= 0.6 is 0 Å². The number of aliphatic hydroxyl groups excluding tert-OH is 2. The summed E-state index contributed by atoms with van der Waals surface area (Å²) >= 11 is 0. The first kappa shape index (κ1) is 41.0. The molecule has 1 saturated carbocycles. The molecule has 0 aromatic heterocycles. The van der Waals surface area contributed by atoms with E-state index in [1.54, 1.807) is 18.0 Å². The summed E-state index contributed by atoms with van der Waals surface area (Å²) in [6.45, 7) is 6.80. The maximum atomic E-state index is 14.1. The highest BCUT2D eigenvalue weighted by Crippen LogP contribution is 2.62. The number of hydrogen-bond donors (Lipinski definition) is 2. The zero-order chi connectivity index (χ0) is 40.5. The lowest BCUT2D eigenvalue weighted by molar-refractivity contribution is -0.253. The van der Waals surface area contributed by atoms with E-state index in [1.807, 2.05) is 73.7 Å². The van der Waals surface area contributed by atoms with Crippen LogP contribution in [0.1, 0.15) is 68.9 Å². The lowest BCUT2D eigenvalue weighted by Crippen LogP contribution is -2.69. The molecule has 1 heterocycles. The van der Waals surface area contributed by atoms with E-state index in [4.69, 9.17) is 28.9 Å². The van der Waals surface area contributed by atoms with E-state index in [0.29, 0.717) is 37.4 Å². The minimum atomic E-state index is -1.37. The molecule has 7 rings (SSSR count). The number of unbranched alkanes of at least 4 members (excludes halogenated alkanes) is 2. The van der Waals surface area contributed by atoms with Crippen LogP contribution in [0.25, 0.3) is 10.8 Å². The van der Waals surface area contributed by atoms with E-state index in [-0.39, 0.29) is 44.2 Å². The Kier molecular flexibility index (Phi) is 13.5. The van der Waals surface area contributed by atoms with Crippen molar-refractivity contribution >= 4 is 22.6 Å². The lowest BCUT2D eigenvalue weighted by atomic mass is 9.55. The number of benzene rings is 4. The fourth-order valence-corrected chi connectivity index (χ4v) is 9.25. The summed E-state index contributed by atoms with van der Waals surface area (Å²) in [5, 5.41) is 26.7. The van der Waals surface area contributed by atoms with Gasteiger partial charge in [-0.3, -0.25) is 0 Å². The third-order valence-electron chi connectivity index (χ3n) is 11.9. The van der Waals surface area contributed by atoms with Gasteiger partial charge in [-0.1, -0.05) is 90.8 Å². The number of rotatable bonds is 18. The van der Waals surface area contributed by atoms with E-state index >= 15 is 0 Å². The summed E-state index contributed by atoms with van der Waals surface area (Å²) in [5.74, 6) is 0.301. The highest BCUT2D eigenvalue weighted by atomic mass is 16.7. The van der Waals surface area contributed by atoms with Gasteiger partial charge in [0, 0.05) is 38.2 Å². The van der Waals surface area contributed by atoms with Gasteiger partial charge in [0.2, 0.25) is 5.79 Å². The van der Waals surface area contributed by atoms with E-state index in [2.05, 4.69) is 36.9 Å². The Morgan fingerprint density at radius 2 is 1.66 bits per heavy atom. The second kappa shape index (κ2) is 19.1. The Morgan fingerprint density at radius 1 is 0.931 bits per heavy atom. The van der Waals surface area contributed by atoms with Crippen molar-refractivity contribution in [2.45, 2.75) is 76.2 Å². The van der Waals surface area contributed by atoms with Crippen molar-refractivity contribution in [3.05, 3.63) is 126 Å². The predicted molar refractivity (Wildman–Crippen MR) is 225 cm³/mol. The molecule has 2 aliphatic carbocycles. The largest absolute Gasteiger partial charge is 0.459 e. The van der Waals surface area contributed by atoms with Crippen molar-refractivity contribution in [2.75, 3.05) is 33.5 Å². The predicted octanol–water partition coefficient (Wildman–Crippen LogP) is 9.55. The first-order chi connectivity index (χ1) is 28.4. The molecule has 306 valence electrons. The van der Waals surface area contributed by atoms with Crippen molar-refractivity contribution in [3.63, 3.8) is 0 Å². The molecular formula is C48H56N2O8. The van der Waals surface area contributed by atoms with Gasteiger partial charge in [0.05, 0.1) is 18.2 Å². The summed E-state index contributed by atoms with van der Waals surface area (Å²) < 4.78 is 26.7. The van der Waals surface area contributed by atoms with Crippen LogP contribution in [0.3, 0.4) is 0 Å². The van der Waals surface area contributed by atoms with Crippen LogP contribution in [0.15, 0.2) is 120 Å². The maximum Gasteiger partial charge on any atom is 0.410 e. The molecule has 1 fully saturated rings. The van der Waals surface area contributed by atoms with Crippen molar-refractivity contribution in [2.24, 2.45) is 22.9 Å². The number of fused-ring (bicyclic) bond motifs is 3. The first-order valence-corrected chi connectivity index (χ1v) is 20.7. The van der Waals surface area contributed by atoms with Crippen LogP contribution in [0.2, 0.25) is 0 Å². The van der Waals surface area contributed by atoms with Crippen LogP contribution in [-0.4, -0.2) is 72.2 Å². The number of aliphatic hydroxyl groups is 2. The average Bonchev–Trinajstić information content (AvgIpc) is 3.25. The smallest absolute Gasteiger partial charge is 0.410 e. The van der Waals surface area contributed by atoms with Crippen molar-refractivity contribution in [1.29, 1.82) is 0 Å². The highest BCUT2D eigenvalue weighted by Gasteiger charge is 2.65. The van der Waals surface area contributed by atoms with Crippen LogP contribution in [0.5, 0.6) is 17.2 Å². The second-order valence-electron chi connectivity index (χ2n) is 15.5. The van der Waals surface area contributed by atoms with E-state index in [0.717, 1.165) is 64.6 Å². The fourth-order valence-electron chi connectivity index (χ4n) is 9.25. The molecule has 4 aromatic carbocycles. The monoisotopic (exact) mass is 788 g/mol. The zero-order valence-electron chi connectivity index (χ0n) is 33.6. The molecule has 0 unspecified atom stereocenters. The highest BCUT2D eigenvalue weighted by molar-refractivity contribution is 6.03. The van der Waals surface area contributed by atoms with Gasteiger partial charge < -0.3 is 38.9 Å². The summed E-state index contributed by atoms with van der Waals surface area (Å²) in [5.41, 5.74) is 3.57. The Hall–Kier alpha value is -5.16. The SMILES string of the molecule is C=CCO[C@@]12Oc3ccc(Oc4ccc5ccccc5c4)cc3[C@H]3[C@H](CCCCO)[C@@H](CCCCO)C=C(C(=NOCC)C[C@@H]1N(C)C(=O)OCc1ccccc1)[C@H]32. The molecule has 1 amide bonds. The quantitative estimate of drug-likeness (QED) is 0.0582. The van der Waals surface area contributed by atoms with E-state index in [1.165, 1.54) is 0 Å². The van der Waals surface area contributed by atoms with Gasteiger partial charge in [-0.05, 0) is 96.7 Å². The van der Waals surface area contributed by atoms with Crippen LogP contribution < -0.4 is 9.47 Å². The number of nitrogens with zero attached hydrogens (tertiary/aromatic N) is 2. The van der Waals surface area contributed by atoms with Crippen molar-refractivity contribution in [1.82, 2.24) is 4.90 Å². The molecule has 10 nitrogen and oxygen atoms in total. The van der Waals surface area contributed by atoms with Gasteiger partial charge in [-0.25, -0.2) is 4.79 Å². The molecule has 10 heteroatoms. The van der Waals surface area contributed by atoms with Gasteiger partial charge >= 0.3 is 6.09 Å². The Morgan fingerprint density at radius 3 is 2.41 bits per heavy atom. The van der Waals surface area contributed by atoms with Gasteiger partial charge in [-0.15, -0.1) is 6.58 Å². The van der Waals surface area contributed by atoms with Crippen LogP contribution in [-0.2, 0) is 20.9 Å². The zero-order valence-corrected chi connectivity index (χ0v) is 33.6. The van der Waals surface area contributed by atoms with E-state index in [9.17, 15) is 15.0 Å². The number of carbonyl (C=O) groups excluding carboxylic acids is 1. The molecule has 1 aliphatic heterocycles. The Balaban J connectivity index is 1.37. The number of likely N-dealkylation sites (N-methyl/N-ethyl adjacent to an activating group) is 1. The molecule has 0 bridgehead atoms. The van der Waals surface area contributed by atoms with Crippen molar-refractivity contribution < 1.29 is 38.8 Å². The minimum absolute atomic E-state index is 0.0895. The number of ether oxygens (including phenoxy) is 4. The summed E-state index contributed by atoms with van der Waals surface area (Å²) in [7, 11) is 1.73. The summed E-state index contributed by atoms with van der Waals surface area (Å²) in [4.78, 5) is 21.5. The normalized spacial score (nSPS) is 23.9. The number of allylic oxidation sites excluding steroid dienone is 1. The molecule has 2 N–H and O–H groups in total. The van der Waals surface area contributed by atoms with Gasteiger partial charge in [0.15, 0.2) is 0 Å². The fraction of sp³-hybridized carbons (Fsp3) is 0.417. The topological polar surface area (TPSA) is 119 Å². The Labute approximate surface area is 341 Å². The van der Waals surface area contributed by atoms with Gasteiger partial charge in [0.1, 0.15) is 36.5 Å². The maximum absolute atomic E-state index is 14.1. The van der Waals surface area contributed by atoms with Crippen LogP contribution in [0, 0.1) is 17.8 Å². The number of amides is 1. The van der Waals surface area contributed by atoms with Crippen LogP contribution in [0.4, 0.5) is 4.79 Å². The molecule has 4 aromatic rings. The Bertz CT molecular complexity index is 2080. The molecule has 0 spiro atoms.